The van der Waals surface area contributed by atoms with Crippen molar-refractivity contribution in [2.45, 2.75) is 47.8 Å². The molecule has 0 saturated carbocycles. The molecule has 172 valence electrons. The number of carbonyl (C=O) groups excluding carboxylic acids is 1. The number of aryl methyl sites for hydroxylation is 1. The minimum absolute atomic E-state index is 0.0961. The molecule has 2 heterocycles. The van der Waals surface area contributed by atoms with Crippen molar-refractivity contribution in [2.75, 3.05) is 6.61 Å². The van der Waals surface area contributed by atoms with Crippen LogP contribution in [0.4, 0.5) is 0 Å². The van der Waals surface area contributed by atoms with Gasteiger partial charge >= 0.3 is 5.97 Å². The first kappa shape index (κ1) is 23.8. The second-order valence-electron chi connectivity index (χ2n) is 8.02. The van der Waals surface area contributed by atoms with Gasteiger partial charge in [-0.05, 0) is 56.5 Å². The quantitative estimate of drug-likeness (QED) is 0.262. The first-order valence-corrected chi connectivity index (χ1v) is 10.8. The van der Waals surface area contributed by atoms with Crippen molar-refractivity contribution in [2.24, 2.45) is 5.92 Å². The average Bonchev–Trinajstić information content (AvgIpc) is 3.36. The SMILES string of the molecule is CCOc1ccccc1-c1noc(COC(=O)/C(C#N)=C/c2cc(C)n(CC(C)C)c2C)n1. The van der Waals surface area contributed by atoms with Crippen molar-refractivity contribution >= 4 is 12.0 Å². The van der Waals surface area contributed by atoms with Crippen LogP contribution in [0.2, 0.25) is 0 Å². The van der Waals surface area contributed by atoms with Gasteiger partial charge in [-0.15, -0.1) is 0 Å². The first-order valence-electron chi connectivity index (χ1n) is 10.8. The molecule has 0 N–H and O–H groups in total. The number of esters is 1. The highest BCUT2D eigenvalue weighted by molar-refractivity contribution is 5.98. The summed E-state index contributed by atoms with van der Waals surface area (Å²) >= 11 is 0. The van der Waals surface area contributed by atoms with Gasteiger partial charge in [0.05, 0.1) is 12.2 Å². The molecule has 0 fully saturated rings. The van der Waals surface area contributed by atoms with E-state index in [1.165, 1.54) is 0 Å². The van der Waals surface area contributed by atoms with Crippen LogP contribution in [-0.4, -0.2) is 27.3 Å². The molecule has 8 heteroatoms. The number of rotatable bonds is 9. The molecule has 3 rings (SSSR count). The Balaban J connectivity index is 1.72. The van der Waals surface area contributed by atoms with Crippen LogP contribution < -0.4 is 4.74 Å². The molecular formula is C25H28N4O4. The largest absolute Gasteiger partial charge is 0.493 e. The molecule has 8 nitrogen and oxygen atoms in total. The fraction of sp³-hybridized carbons (Fsp3) is 0.360. The lowest BCUT2D eigenvalue weighted by atomic mass is 10.1. The third-order valence-corrected chi connectivity index (χ3v) is 5.02. The van der Waals surface area contributed by atoms with Crippen molar-refractivity contribution in [1.29, 1.82) is 5.26 Å². The van der Waals surface area contributed by atoms with Crippen molar-refractivity contribution in [3.8, 4) is 23.2 Å². The maximum atomic E-state index is 12.5. The van der Waals surface area contributed by atoms with Gasteiger partial charge < -0.3 is 18.6 Å². The lowest BCUT2D eigenvalue weighted by molar-refractivity contribution is -0.140. The predicted octanol–water partition coefficient (Wildman–Crippen LogP) is 4.86. The van der Waals surface area contributed by atoms with Gasteiger partial charge in [0.15, 0.2) is 6.61 Å². The molecule has 0 amide bonds. The summed E-state index contributed by atoms with van der Waals surface area (Å²) in [7, 11) is 0. The highest BCUT2D eigenvalue weighted by atomic mass is 16.6. The lowest BCUT2D eigenvalue weighted by Crippen LogP contribution is -2.08. The van der Waals surface area contributed by atoms with E-state index < -0.39 is 5.97 Å². The van der Waals surface area contributed by atoms with Crippen molar-refractivity contribution in [1.82, 2.24) is 14.7 Å². The molecule has 3 aromatic rings. The third-order valence-electron chi connectivity index (χ3n) is 5.02. The molecular weight excluding hydrogens is 420 g/mol. The Bertz CT molecular complexity index is 1200. The Labute approximate surface area is 193 Å². The van der Waals surface area contributed by atoms with Crippen LogP contribution in [0.25, 0.3) is 17.5 Å². The molecule has 0 unspecified atom stereocenters. The smallest absolute Gasteiger partial charge is 0.349 e. The van der Waals surface area contributed by atoms with Crippen LogP contribution in [-0.2, 0) is 22.7 Å². The number of aromatic nitrogens is 3. The minimum Gasteiger partial charge on any atom is -0.493 e. The molecule has 0 saturated heterocycles. The fourth-order valence-electron chi connectivity index (χ4n) is 3.47. The summed E-state index contributed by atoms with van der Waals surface area (Å²) < 4.78 is 18.2. The number of ether oxygens (including phenoxy) is 2. The van der Waals surface area contributed by atoms with E-state index in [1.54, 1.807) is 6.08 Å². The van der Waals surface area contributed by atoms with Crippen LogP contribution in [0, 0.1) is 31.1 Å². The van der Waals surface area contributed by atoms with E-state index in [9.17, 15) is 10.1 Å². The number of nitrogens with zero attached hydrogens (tertiary/aromatic N) is 4. The molecule has 1 aromatic carbocycles. The van der Waals surface area contributed by atoms with E-state index in [2.05, 4.69) is 28.6 Å². The number of para-hydroxylation sites is 1. The summed E-state index contributed by atoms with van der Waals surface area (Å²) in [5.41, 5.74) is 3.46. The van der Waals surface area contributed by atoms with E-state index >= 15 is 0 Å². The first-order chi connectivity index (χ1) is 15.8. The van der Waals surface area contributed by atoms with E-state index in [0.717, 1.165) is 23.5 Å². The summed E-state index contributed by atoms with van der Waals surface area (Å²) in [6.07, 6.45) is 1.55. The molecule has 0 aliphatic rings. The average molecular weight is 449 g/mol. The Kier molecular flexibility index (Phi) is 7.67. The van der Waals surface area contributed by atoms with Crippen LogP contribution in [0.5, 0.6) is 5.75 Å². The summed E-state index contributed by atoms with van der Waals surface area (Å²) in [5, 5.41) is 13.5. The molecule has 0 atom stereocenters. The summed E-state index contributed by atoms with van der Waals surface area (Å²) in [4.78, 5) is 16.8. The zero-order valence-corrected chi connectivity index (χ0v) is 19.6. The van der Waals surface area contributed by atoms with E-state index in [1.807, 2.05) is 57.2 Å². The second-order valence-corrected chi connectivity index (χ2v) is 8.02. The Morgan fingerprint density at radius 3 is 2.76 bits per heavy atom. The fourth-order valence-corrected chi connectivity index (χ4v) is 3.47. The summed E-state index contributed by atoms with van der Waals surface area (Å²) in [5.74, 6) is 0.817. The summed E-state index contributed by atoms with van der Waals surface area (Å²) in [6, 6.07) is 11.2. The zero-order valence-electron chi connectivity index (χ0n) is 19.6. The van der Waals surface area contributed by atoms with Gasteiger partial charge in [-0.3, -0.25) is 0 Å². The second kappa shape index (κ2) is 10.6. The highest BCUT2D eigenvalue weighted by Gasteiger charge is 2.18. The van der Waals surface area contributed by atoms with Gasteiger partial charge in [0.25, 0.3) is 5.89 Å². The van der Waals surface area contributed by atoms with Gasteiger partial charge in [0.2, 0.25) is 5.82 Å². The molecule has 0 bridgehead atoms. The third kappa shape index (κ3) is 5.69. The Morgan fingerprint density at radius 2 is 2.06 bits per heavy atom. The number of benzene rings is 1. The minimum atomic E-state index is -0.749. The lowest BCUT2D eigenvalue weighted by Gasteiger charge is -2.12. The van der Waals surface area contributed by atoms with Crippen LogP contribution in [0.15, 0.2) is 40.4 Å². The van der Waals surface area contributed by atoms with Gasteiger partial charge in [0, 0.05) is 17.9 Å². The molecule has 0 aliphatic carbocycles. The monoisotopic (exact) mass is 448 g/mol. The Morgan fingerprint density at radius 1 is 1.30 bits per heavy atom. The van der Waals surface area contributed by atoms with Crippen molar-refractivity contribution in [3.05, 3.63) is 58.7 Å². The van der Waals surface area contributed by atoms with Crippen LogP contribution in [0.1, 0.15) is 43.6 Å². The van der Waals surface area contributed by atoms with E-state index in [-0.39, 0.29) is 18.1 Å². The topological polar surface area (TPSA) is 103 Å². The Hall–Kier alpha value is -3.86. The maximum Gasteiger partial charge on any atom is 0.349 e. The number of carbonyl (C=O) groups is 1. The van der Waals surface area contributed by atoms with Crippen molar-refractivity contribution in [3.63, 3.8) is 0 Å². The summed E-state index contributed by atoms with van der Waals surface area (Å²) in [6.45, 7) is 11.3. The van der Waals surface area contributed by atoms with Gasteiger partial charge in [-0.25, -0.2) is 4.79 Å². The van der Waals surface area contributed by atoms with E-state index in [0.29, 0.717) is 29.7 Å². The number of nitriles is 1. The van der Waals surface area contributed by atoms with Crippen LogP contribution >= 0.6 is 0 Å². The van der Waals surface area contributed by atoms with E-state index in [4.69, 9.17) is 14.0 Å². The van der Waals surface area contributed by atoms with Gasteiger partial charge in [-0.2, -0.15) is 10.2 Å². The molecule has 2 aromatic heterocycles. The molecule has 0 spiro atoms. The predicted molar refractivity (Wildman–Crippen MR) is 123 cm³/mol. The van der Waals surface area contributed by atoms with Gasteiger partial charge in [-0.1, -0.05) is 31.1 Å². The number of hydrogen-bond acceptors (Lipinski definition) is 7. The standard InChI is InChI=1S/C25H28N4O4/c1-6-31-22-10-8-7-9-21(22)24-27-23(33-28-24)15-32-25(30)20(13-26)12-19-11-17(4)29(18(19)5)14-16(2)3/h7-12,16H,6,14-15H2,1-5H3/b20-12+. The van der Waals surface area contributed by atoms with Gasteiger partial charge in [0.1, 0.15) is 17.4 Å². The molecule has 33 heavy (non-hydrogen) atoms. The molecule has 0 aliphatic heterocycles. The number of hydrogen-bond donors (Lipinski definition) is 0. The van der Waals surface area contributed by atoms with Crippen LogP contribution in [0.3, 0.4) is 0 Å². The highest BCUT2D eigenvalue weighted by Crippen LogP contribution is 2.27. The zero-order chi connectivity index (χ0) is 24.0. The molecule has 0 radical (unpaired) electrons. The maximum absolute atomic E-state index is 12.5. The van der Waals surface area contributed by atoms with Crippen molar-refractivity contribution < 1.29 is 18.8 Å². The normalized spacial score (nSPS) is 11.5.